The molecule has 2 N–H and O–H groups in total. The zero-order valence-corrected chi connectivity index (χ0v) is 11.5. The molecule has 0 saturated heterocycles. The average Bonchev–Trinajstić information content (AvgIpc) is 2.83. The summed E-state index contributed by atoms with van der Waals surface area (Å²) in [6.45, 7) is 2.38. The summed E-state index contributed by atoms with van der Waals surface area (Å²) < 4.78 is 15.0. The van der Waals surface area contributed by atoms with Gasteiger partial charge < -0.3 is 10.6 Å². The van der Waals surface area contributed by atoms with E-state index in [1.807, 2.05) is 13.1 Å². The Morgan fingerprint density at radius 1 is 1.30 bits per heavy atom. The topological polar surface area (TPSA) is 59.0 Å². The predicted molar refractivity (Wildman–Crippen MR) is 73.4 cm³/mol. The van der Waals surface area contributed by atoms with E-state index in [-0.39, 0.29) is 18.4 Å². The lowest BCUT2D eigenvalue weighted by molar-refractivity contribution is 0.240. The van der Waals surface area contributed by atoms with Gasteiger partial charge in [0.25, 0.3) is 0 Å². The van der Waals surface area contributed by atoms with E-state index in [0.717, 1.165) is 11.3 Å². The molecule has 0 saturated carbocycles. The lowest BCUT2D eigenvalue weighted by atomic mass is 10.1. The molecule has 0 bridgehead atoms. The molecule has 0 fully saturated rings. The standard InChI is InChI=1S/C14H17FN4O/c1-10-3-4-11(7-13(10)15)8-16-14(20)17-9-12-5-6-18-19(12)2/h3-7H,8-9H2,1-2H3,(H2,16,17,20). The first kappa shape index (κ1) is 14.0. The van der Waals surface area contributed by atoms with Crippen molar-refractivity contribution in [1.29, 1.82) is 0 Å². The fourth-order valence-electron chi connectivity index (χ4n) is 1.74. The smallest absolute Gasteiger partial charge is 0.315 e. The third kappa shape index (κ3) is 3.57. The van der Waals surface area contributed by atoms with E-state index in [1.165, 1.54) is 6.07 Å². The molecular weight excluding hydrogens is 259 g/mol. The van der Waals surface area contributed by atoms with Gasteiger partial charge in [-0.05, 0) is 30.2 Å². The minimum atomic E-state index is -0.299. The van der Waals surface area contributed by atoms with Gasteiger partial charge in [-0.25, -0.2) is 9.18 Å². The Balaban J connectivity index is 1.80. The Morgan fingerprint density at radius 2 is 2.05 bits per heavy atom. The summed E-state index contributed by atoms with van der Waals surface area (Å²) >= 11 is 0. The van der Waals surface area contributed by atoms with Gasteiger partial charge in [-0.2, -0.15) is 5.10 Å². The molecule has 0 atom stereocenters. The summed E-state index contributed by atoms with van der Waals surface area (Å²) in [5, 5.41) is 9.41. The monoisotopic (exact) mass is 276 g/mol. The van der Waals surface area contributed by atoms with Gasteiger partial charge in [-0.1, -0.05) is 12.1 Å². The van der Waals surface area contributed by atoms with Gasteiger partial charge in [0.15, 0.2) is 0 Å². The Bertz CT molecular complexity index is 609. The van der Waals surface area contributed by atoms with E-state index in [4.69, 9.17) is 0 Å². The van der Waals surface area contributed by atoms with Crippen molar-refractivity contribution in [3.05, 3.63) is 53.1 Å². The van der Waals surface area contributed by atoms with E-state index in [0.29, 0.717) is 12.1 Å². The van der Waals surface area contributed by atoms with Gasteiger partial charge in [-0.15, -0.1) is 0 Å². The average molecular weight is 276 g/mol. The van der Waals surface area contributed by atoms with Crippen LogP contribution in [0.4, 0.5) is 9.18 Å². The van der Waals surface area contributed by atoms with Gasteiger partial charge in [0, 0.05) is 19.8 Å². The van der Waals surface area contributed by atoms with Gasteiger partial charge >= 0.3 is 6.03 Å². The second-order valence-electron chi connectivity index (χ2n) is 4.57. The molecule has 2 rings (SSSR count). The Kier molecular flexibility index (Phi) is 4.34. The number of hydrogen-bond donors (Lipinski definition) is 2. The highest BCUT2D eigenvalue weighted by atomic mass is 19.1. The molecule has 0 aliphatic rings. The van der Waals surface area contributed by atoms with Crippen molar-refractivity contribution < 1.29 is 9.18 Å². The molecule has 1 heterocycles. The fourth-order valence-corrected chi connectivity index (χ4v) is 1.74. The third-order valence-electron chi connectivity index (χ3n) is 3.04. The molecule has 0 unspecified atom stereocenters. The van der Waals surface area contributed by atoms with Crippen molar-refractivity contribution in [2.45, 2.75) is 20.0 Å². The van der Waals surface area contributed by atoms with Crippen LogP contribution >= 0.6 is 0 Å². The van der Waals surface area contributed by atoms with Crippen LogP contribution in [-0.4, -0.2) is 15.8 Å². The van der Waals surface area contributed by atoms with Gasteiger partial charge in [0.05, 0.1) is 12.2 Å². The van der Waals surface area contributed by atoms with E-state index < -0.39 is 0 Å². The number of carbonyl (C=O) groups is 1. The van der Waals surface area contributed by atoms with Crippen molar-refractivity contribution in [3.63, 3.8) is 0 Å². The van der Waals surface area contributed by atoms with E-state index in [9.17, 15) is 9.18 Å². The Labute approximate surface area is 116 Å². The van der Waals surface area contributed by atoms with Crippen LogP contribution in [0.3, 0.4) is 0 Å². The number of halogens is 1. The lowest BCUT2D eigenvalue weighted by Crippen LogP contribution is -2.35. The highest BCUT2D eigenvalue weighted by molar-refractivity contribution is 5.73. The molecule has 0 aliphatic heterocycles. The van der Waals surface area contributed by atoms with Crippen LogP contribution in [0.15, 0.2) is 30.5 Å². The predicted octanol–water partition coefficient (Wildman–Crippen LogP) is 1.87. The summed E-state index contributed by atoms with van der Waals surface area (Å²) in [4.78, 5) is 11.6. The SMILES string of the molecule is Cc1ccc(CNC(=O)NCc2ccnn2C)cc1F. The molecule has 0 radical (unpaired) electrons. The van der Waals surface area contributed by atoms with E-state index in [2.05, 4.69) is 15.7 Å². The molecule has 6 heteroatoms. The van der Waals surface area contributed by atoms with Crippen LogP contribution in [0.2, 0.25) is 0 Å². The second-order valence-corrected chi connectivity index (χ2v) is 4.57. The first-order valence-corrected chi connectivity index (χ1v) is 6.30. The number of rotatable bonds is 4. The molecule has 0 spiro atoms. The molecular formula is C14H17FN4O. The summed E-state index contributed by atoms with van der Waals surface area (Å²) in [5.74, 6) is -0.264. The second kappa shape index (κ2) is 6.18. The maximum atomic E-state index is 13.3. The zero-order chi connectivity index (χ0) is 14.5. The normalized spacial score (nSPS) is 10.3. The number of benzene rings is 1. The van der Waals surface area contributed by atoms with E-state index >= 15 is 0 Å². The number of urea groups is 1. The minimum absolute atomic E-state index is 0.264. The summed E-state index contributed by atoms with van der Waals surface area (Å²) in [5.41, 5.74) is 2.22. The summed E-state index contributed by atoms with van der Waals surface area (Å²) in [7, 11) is 1.81. The molecule has 2 aromatic rings. The summed E-state index contributed by atoms with van der Waals surface area (Å²) in [6, 6.07) is 6.44. The first-order chi connectivity index (χ1) is 9.56. The molecule has 0 aliphatic carbocycles. The third-order valence-corrected chi connectivity index (χ3v) is 3.04. The lowest BCUT2D eigenvalue weighted by Gasteiger charge is -2.08. The Morgan fingerprint density at radius 3 is 2.70 bits per heavy atom. The van der Waals surface area contributed by atoms with Crippen molar-refractivity contribution in [2.24, 2.45) is 7.05 Å². The maximum absolute atomic E-state index is 13.3. The number of aromatic nitrogens is 2. The maximum Gasteiger partial charge on any atom is 0.315 e. The minimum Gasteiger partial charge on any atom is -0.334 e. The Hall–Kier alpha value is -2.37. The highest BCUT2D eigenvalue weighted by Crippen LogP contribution is 2.08. The molecule has 1 aromatic heterocycles. The molecule has 1 aromatic carbocycles. The number of nitrogens with zero attached hydrogens (tertiary/aromatic N) is 2. The molecule has 20 heavy (non-hydrogen) atoms. The number of hydrogen-bond acceptors (Lipinski definition) is 2. The van der Waals surface area contributed by atoms with E-state index in [1.54, 1.807) is 29.9 Å². The molecule has 5 nitrogen and oxygen atoms in total. The van der Waals surface area contributed by atoms with Crippen LogP contribution in [-0.2, 0) is 20.1 Å². The molecule has 106 valence electrons. The summed E-state index contributed by atoms with van der Waals surface area (Å²) in [6.07, 6.45) is 1.67. The van der Waals surface area contributed by atoms with Crippen LogP contribution in [0.5, 0.6) is 0 Å². The first-order valence-electron chi connectivity index (χ1n) is 6.30. The van der Waals surface area contributed by atoms with Crippen molar-refractivity contribution in [2.75, 3.05) is 0 Å². The molecule has 2 amide bonds. The van der Waals surface area contributed by atoms with Gasteiger partial charge in [0.2, 0.25) is 0 Å². The van der Waals surface area contributed by atoms with Crippen LogP contribution in [0.25, 0.3) is 0 Å². The van der Waals surface area contributed by atoms with Crippen molar-refractivity contribution in [1.82, 2.24) is 20.4 Å². The zero-order valence-electron chi connectivity index (χ0n) is 11.5. The largest absolute Gasteiger partial charge is 0.334 e. The van der Waals surface area contributed by atoms with Gasteiger partial charge in [-0.3, -0.25) is 4.68 Å². The van der Waals surface area contributed by atoms with Crippen LogP contribution < -0.4 is 10.6 Å². The number of amides is 2. The number of nitrogens with one attached hydrogen (secondary N) is 2. The van der Waals surface area contributed by atoms with Crippen molar-refractivity contribution in [3.8, 4) is 0 Å². The van der Waals surface area contributed by atoms with Gasteiger partial charge in [0.1, 0.15) is 5.82 Å². The number of carbonyl (C=O) groups excluding carboxylic acids is 1. The van der Waals surface area contributed by atoms with Crippen LogP contribution in [0, 0.1) is 12.7 Å². The fraction of sp³-hybridized carbons (Fsp3) is 0.286. The van der Waals surface area contributed by atoms with Crippen LogP contribution in [0.1, 0.15) is 16.8 Å². The van der Waals surface area contributed by atoms with Crippen molar-refractivity contribution >= 4 is 6.03 Å². The highest BCUT2D eigenvalue weighted by Gasteiger charge is 2.04. The number of aryl methyl sites for hydroxylation is 2. The quantitative estimate of drug-likeness (QED) is 0.895.